The van der Waals surface area contributed by atoms with Gasteiger partial charge >= 0.3 is 0 Å². The zero-order valence-corrected chi connectivity index (χ0v) is 14.1. The smallest absolute Gasteiger partial charge is 0.243 e. The first-order valence-electron chi connectivity index (χ1n) is 7.23. The minimum Gasteiger partial charge on any atom is -0.354 e. The van der Waals surface area contributed by atoms with Gasteiger partial charge in [-0.1, -0.05) is 27.7 Å². The summed E-state index contributed by atoms with van der Waals surface area (Å²) in [5.41, 5.74) is 0.541. The predicted molar refractivity (Wildman–Crippen MR) is 82.5 cm³/mol. The first-order valence-corrected chi connectivity index (χ1v) is 8.21. The highest BCUT2D eigenvalue weighted by Gasteiger charge is 2.64. The maximum atomic E-state index is 12.2. The van der Waals surface area contributed by atoms with Crippen LogP contribution in [0.2, 0.25) is 0 Å². The third-order valence-electron chi connectivity index (χ3n) is 5.58. The van der Waals surface area contributed by atoms with Crippen molar-refractivity contribution in [1.29, 1.82) is 0 Å². The number of amides is 2. The van der Waals surface area contributed by atoms with Crippen LogP contribution in [0.25, 0.3) is 0 Å². The molecule has 1 aliphatic heterocycles. The summed E-state index contributed by atoms with van der Waals surface area (Å²) in [5.74, 6) is 1.03. The predicted octanol–water partition coefficient (Wildman–Crippen LogP) is 1.79. The summed E-state index contributed by atoms with van der Waals surface area (Å²) in [4.78, 5) is 24.0. The van der Waals surface area contributed by atoms with Crippen LogP contribution in [0, 0.1) is 16.7 Å². The average molecular weight is 298 g/mol. The second kappa shape index (κ2) is 4.65. The van der Waals surface area contributed by atoms with Gasteiger partial charge in [-0.2, -0.15) is 0 Å². The van der Waals surface area contributed by atoms with Gasteiger partial charge in [0, 0.05) is 12.3 Å². The number of thioether (sulfide) groups is 1. The molecule has 2 fully saturated rings. The van der Waals surface area contributed by atoms with Crippen LogP contribution in [0.1, 0.15) is 41.5 Å². The van der Waals surface area contributed by atoms with Crippen molar-refractivity contribution < 1.29 is 9.59 Å². The Labute approximate surface area is 125 Å². The highest BCUT2D eigenvalue weighted by atomic mass is 32.2. The Hall–Kier alpha value is -0.710. The van der Waals surface area contributed by atoms with Crippen molar-refractivity contribution in [3.05, 3.63) is 0 Å². The Kier molecular flexibility index (Phi) is 3.64. The third-order valence-corrected chi connectivity index (χ3v) is 6.99. The molecule has 0 aromatic carbocycles. The molecule has 114 valence electrons. The normalized spacial score (nSPS) is 30.5. The Morgan fingerprint density at radius 1 is 1.25 bits per heavy atom. The minimum absolute atomic E-state index is 0.0546. The standard InChI is InChI=1S/C15H26N2O2S/c1-13(2)10(14(13,3)4)7-16-11(18)9-8-20-15(5,6)12(19)17-9/h9-10H,7-8H2,1-6H3,(H,16,18)(H,17,19)/t9-/m0/s1. The van der Waals surface area contributed by atoms with Crippen molar-refractivity contribution in [3.63, 3.8) is 0 Å². The molecule has 1 saturated heterocycles. The molecule has 1 saturated carbocycles. The van der Waals surface area contributed by atoms with Gasteiger partial charge in [-0.05, 0) is 30.6 Å². The summed E-state index contributed by atoms with van der Waals surface area (Å²) >= 11 is 1.54. The van der Waals surface area contributed by atoms with E-state index in [0.29, 0.717) is 18.2 Å². The zero-order valence-electron chi connectivity index (χ0n) is 13.3. The van der Waals surface area contributed by atoms with Crippen molar-refractivity contribution in [2.75, 3.05) is 12.3 Å². The SMILES string of the molecule is CC1(C)SC[C@@H](C(=O)NCC2C(C)(C)C2(C)C)NC1=O. The number of nitrogens with one attached hydrogen (secondary N) is 2. The van der Waals surface area contributed by atoms with E-state index in [2.05, 4.69) is 38.3 Å². The van der Waals surface area contributed by atoms with Crippen LogP contribution in [0.3, 0.4) is 0 Å². The van der Waals surface area contributed by atoms with E-state index in [4.69, 9.17) is 0 Å². The second-order valence-electron chi connectivity index (χ2n) is 7.59. The quantitative estimate of drug-likeness (QED) is 0.835. The summed E-state index contributed by atoms with van der Waals surface area (Å²) in [6.07, 6.45) is 0. The molecule has 0 bridgehead atoms. The Balaban J connectivity index is 1.84. The van der Waals surface area contributed by atoms with Crippen LogP contribution < -0.4 is 10.6 Å². The lowest BCUT2D eigenvalue weighted by molar-refractivity contribution is -0.129. The van der Waals surface area contributed by atoms with Crippen LogP contribution in [0.5, 0.6) is 0 Å². The molecule has 2 rings (SSSR count). The van der Waals surface area contributed by atoms with Crippen molar-refractivity contribution in [2.24, 2.45) is 16.7 Å². The van der Waals surface area contributed by atoms with E-state index in [-0.39, 0.29) is 22.6 Å². The number of carbonyl (C=O) groups excluding carboxylic acids is 2. The fourth-order valence-corrected chi connectivity index (χ4v) is 4.05. The number of carbonyl (C=O) groups is 2. The lowest BCUT2D eigenvalue weighted by atomic mass is 10.0. The summed E-state index contributed by atoms with van der Waals surface area (Å²) < 4.78 is -0.433. The van der Waals surface area contributed by atoms with Gasteiger partial charge in [0.05, 0.1) is 4.75 Å². The van der Waals surface area contributed by atoms with Crippen LogP contribution >= 0.6 is 11.8 Å². The lowest BCUT2D eigenvalue weighted by Gasteiger charge is -2.32. The van der Waals surface area contributed by atoms with Gasteiger partial charge in [-0.15, -0.1) is 11.8 Å². The molecule has 0 aromatic heterocycles. The third kappa shape index (κ3) is 2.45. The first kappa shape index (κ1) is 15.7. The molecule has 20 heavy (non-hydrogen) atoms. The largest absolute Gasteiger partial charge is 0.354 e. The summed E-state index contributed by atoms with van der Waals surface area (Å²) in [6, 6.07) is -0.398. The Bertz CT molecular complexity index is 429. The number of hydrogen-bond acceptors (Lipinski definition) is 3. The van der Waals surface area contributed by atoms with Crippen molar-refractivity contribution in [3.8, 4) is 0 Å². The van der Waals surface area contributed by atoms with E-state index in [1.54, 1.807) is 11.8 Å². The minimum atomic E-state index is -0.433. The number of hydrogen-bond donors (Lipinski definition) is 2. The van der Waals surface area contributed by atoms with E-state index in [1.165, 1.54) is 0 Å². The fourth-order valence-electron chi connectivity index (χ4n) is 3.04. The molecule has 5 heteroatoms. The molecule has 2 N–H and O–H groups in total. The van der Waals surface area contributed by atoms with E-state index in [9.17, 15) is 9.59 Å². The van der Waals surface area contributed by atoms with Gasteiger partial charge in [0.25, 0.3) is 0 Å². The summed E-state index contributed by atoms with van der Waals surface area (Å²) in [5, 5.41) is 5.83. The van der Waals surface area contributed by atoms with E-state index in [0.717, 1.165) is 0 Å². The fraction of sp³-hybridized carbons (Fsp3) is 0.867. The molecular weight excluding hydrogens is 272 g/mol. The monoisotopic (exact) mass is 298 g/mol. The van der Waals surface area contributed by atoms with Crippen molar-refractivity contribution in [1.82, 2.24) is 10.6 Å². The van der Waals surface area contributed by atoms with E-state index in [1.807, 2.05) is 13.8 Å². The lowest BCUT2D eigenvalue weighted by Crippen LogP contribution is -2.57. The Morgan fingerprint density at radius 2 is 1.80 bits per heavy atom. The molecule has 2 aliphatic rings. The second-order valence-corrected chi connectivity index (χ2v) is 9.23. The number of rotatable bonds is 3. The average Bonchev–Trinajstić information content (AvgIpc) is 2.70. The molecule has 2 amide bonds. The van der Waals surface area contributed by atoms with Gasteiger partial charge < -0.3 is 10.6 Å². The highest BCUT2D eigenvalue weighted by molar-refractivity contribution is 8.01. The topological polar surface area (TPSA) is 58.2 Å². The van der Waals surface area contributed by atoms with Gasteiger partial charge in [-0.3, -0.25) is 9.59 Å². The molecular formula is C15H26N2O2S. The van der Waals surface area contributed by atoms with Crippen LogP contribution in [0.4, 0.5) is 0 Å². The van der Waals surface area contributed by atoms with E-state index >= 15 is 0 Å². The zero-order chi connectivity index (χ0) is 15.3. The molecule has 1 heterocycles. The van der Waals surface area contributed by atoms with Gasteiger partial charge in [0.1, 0.15) is 6.04 Å². The van der Waals surface area contributed by atoms with Gasteiger partial charge in [0.2, 0.25) is 11.8 Å². The first-order chi connectivity index (χ1) is 9.00. The summed E-state index contributed by atoms with van der Waals surface area (Å²) in [6.45, 7) is 13.4. The molecule has 0 unspecified atom stereocenters. The molecule has 0 radical (unpaired) electrons. The maximum absolute atomic E-state index is 12.2. The van der Waals surface area contributed by atoms with Crippen LogP contribution in [-0.4, -0.2) is 34.9 Å². The van der Waals surface area contributed by atoms with Crippen LogP contribution in [0.15, 0.2) is 0 Å². The molecule has 1 aliphatic carbocycles. The van der Waals surface area contributed by atoms with Gasteiger partial charge in [-0.25, -0.2) is 0 Å². The highest BCUT2D eigenvalue weighted by Crippen LogP contribution is 2.67. The van der Waals surface area contributed by atoms with Crippen molar-refractivity contribution >= 4 is 23.6 Å². The molecule has 0 spiro atoms. The van der Waals surface area contributed by atoms with E-state index < -0.39 is 10.8 Å². The summed E-state index contributed by atoms with van der Waals surface area (Å²) in [7, 11) is 0. The Morgan fingerprint density at radius 3 is 2.25 bits per heavy atom. The van der Waals surface area contributed by atoms with Gasteiger partial charge in [0.15, 0.2) is 0 Å². The maximum Gasteiger partial charge on any atom is 0.243 e. The molecule has 4 nitrogen and oxygen atoms in total. The molecule has 1 atom stereocenters. The van der Waals surface area contributed by atoms with Crippen LogP contribution in [-0.2, 0) is 9.59 Å². The van der Waals surface area contributed by atoms with Crippen molar-refractivity contribution in [2.45, 2.75) is 52.3 Å². The molecule has 0 aromatic rings.